The molecule has 54 valence electrons. The summed E-state index contributed by atoms with van der Waals surface area (Å²) in [5.74, 6) is 0. The highest BCUT2D eigenvalue weighted by Gasteiger charge is 1.88. The molecule has 1 aromatic rings. The van der Waals surface area contributed by atoms with Crippen molar-refractivity contribution in [1.82, 2.24) is 10.3 Å². The van der Waals surface area contributed by atoms with Crippen LogP contribution in [0, 0.1) is 0 Å². The SMILES string of the molecule is O=CCNCc1cc[nH]c1. The number of aromatic amines is 1. The average molecular weight is 138 g/mol. The van der Waals surface area contributed by atoms with Gasteiger partial charge >= 0.3 is 0 Å². The summed E-state index contributed by atoms with van der Waals surface area (Å²) in [5.41, 5.74) is 1.17. The highest BCUT2D eigenvalue weighted by molar-refractivity contribution is 5.51. The van der Waals surface area contributed by atoms with Gasteiger partial charge in [0.15, 0.2) is 0 Å². The second kappa shape index (κ2) is 3.85. The number of carbonyl (C=O) groups is 1. The summed E-state index contributed by atoms with van der Waals surface area (Å²) in [6.45, 7) is 1.17. The summed E-state index contributed by atoms with van der Waals surface area (Å²) in [7, 11) is 0. The molecule has 0 aromatic carbocycles. The van der Waals surface area contributed by atoms with Crippen molar-refractivity contribution in [2.24, 2.45) is 0 Å². The van der Waals surface area contributed by atoms with E-state index in [1.54, 1.807) is 0 Å². The summed E-state index contributed by atoms with van der Waals surface area (Å²) in [4.78, 5) is 12.8. The van der Waals surface area contributed by atoms with E-state index in [9.17, 15) is 4.79 Å². The van der Waals surface area contributed by atoms with E-state index in [-0.39, 0.29) is 0 Å². The predicted molar refractivity (Wildman–Crippen MR) is 38.6 cm³/mol. The highest BCUT2D eigenvalue weighted by Crippen LogP contribution is 1.93. The Labute approximate surface area is 59.4 Å². The van der Waals surface area contributed by atoms with Crippen molar-refractivity contribution in [3.8, 4) is 0 Å². The van der Waals surface area contributed by atoms with Crippen LogP contribution in [-0.2, 0) is 11.3 Å². The van der Waals surface area contributed by atoms with E-state index in [1.807, 2.05) is 18.5 Å². The largest absolute Gasteiger partial charge is 0.367 e. The number of aromatic nitrogens is 1. The number of hydrogen-bond acceptors (Lipinski definition) is 2. The van der Waals surface area contributed by atoms with Gasteiger partial charge in [0, 0.05) is 18.9 Å². The van der Waals surface area contributed by atoms with Gasteiger partial charge < -0.3 is 15.1 Å². The number of aldehydes is 1. The van der Waals surface area contributed by atoms with E-state index in [0.29, 0.717) is 6.54 Å². The summed E-state index contributed by atoms with van der Waals surface area (Å²) in [6.07, 6.45) is 4.61. The molecule has 0 aliphatic carbocycles. The van der Waals surface area contributed by atoms with Crippen LogP contribution < -0.4 is 5.32 Å². The zero-order valence-electron chi connectivity index (χ0n) is 5.63. The zero-order chi connectivity index (χ0) is 7.23. The molecule has 0 radical (unpaired) electrons. The second-order valence-corrected chi connectivity index (χ2v) is 2.02. The maximum Gasteiger partial charge on any atom is 0.133 e. The third-order valence-corrected chi connectivity index (χ3v) is 1.22. The molecule has 0 fully saturated rings. The van der Waals surface area contributed by atoms with E-state index in [4.69, 9.17) is 0 Å². The Kier molecular flexibility index (Phi) is 2.70. The number of H-pyrrole nitrogens is 1. The van der Waals surface area contributed by atoms with E-state index >= 15 is 0 Å². The molecule has 3 heteroatoms. The second-order valence-electron chi connectivity index (χ2n) is 2.02. The maximum absolute atomic E-state index is 9.86. The lowest BCUT2D eigenvalue weighted by Crippen LogP contribution is -2.14. The van der Waals surface area contributed by atoms with Gasteiger partial charge in [-0.3, -0.25) is 0 Å². The zero-order valence-corrected chi connectivity index (χ0v) is 5.63. The molecule has 2 N–H and O–H groups in total. The molecule has 1 rings (SSSR count). The van der Waals surface area contributed by atoms with E-state index in [2.05, 4.69) is 10.3 Å². The number of nitrogens with one attached hydrogen (secondary N) is 2. The van der Waals surface area contributed by atoms with Gasteiger partial charge in [-0.1, -0.05) is 0 Å². The number of rotatable bonds is 4. The molecule has 3 nitrogen and oxygen atoms in total. The Morgan fingerprint density at radius 1 is 1.70 bits per heavy atom. The molecule has 1 heterocycles. The van der Waals surface area contributed by atoms with Crippen LogP contribution in [0.25, 0.3) is 0 Å². The molecule has 0 bridgehead atoms. The first kappa shape index (κ1) is 7.02. The van der Waals surface area contributed by atoms with Gasteiger partial charge in [0.2, 0.25) is 0 Å². The standard InChI is InChI=1S/C7H10N2O/c10-4-3-9-6-7-1-2-8-5-7/h1-2,4-5,8-9H,3,6H2. The molecule has 0 spiro atoms. The van der Waals surface area contributed by atoms with Gasteiger partial charge in [-0.25, -0.2) is 0 Å². The van der Waals surface area contributed by atoms with Gasteiger partial charge in [0.25, 0.3) is 0 Å². The van der Waals surface area contributed by atoms with Crippen molar-refractivity contribution >= 4 is 6.29 Å². The fourth-order valence-corrected chi connectivity index (χ4v) is 0.744. The molecule has 0 saturated carbocycles. The fourth-order valence-electron chi connectivity index (χ4n) is 0.744. The van der Waals surface area contributed by atoms with Crippen molar-refractivity contribution in [2.75, 3.05) is 6.54 Å². The molecular formula is C7H10N2O. The summed E-state index contributed by atoms with van der Waals surface area (Å²) in [6, 6.07) is 1.97. The molecule has 0 saturated heterocycles. The maximum atomic E-state index is 9.86. The van der Waals surface area contributed by atoms with Crippen LogP contribution in [0.5, 0.6) is 0 Å². The smallest absolute Gasteiger partial charge is 0.133 e. The molecule has 10 heavy (non-hydrogen) atoms. The van der Waals surface area contributed by atoms with Crippen LogP contribution in [-0.4, -0.2) is 17.8 Å². The fraction of sp³-hybridized carbons (Fsp3) is 0.286. The first-order valence-electron chi connectivity index (χ1n) is 3.19. The monoisotopic (exact) mass is 138 g/mol. The number of carbonyl (C=O) groups excluding carboxylic acids is 1. The van der Waals surface area contributed by atoms with Gasteiger partial charge in [-0.2, -0.15) is 0 Å². The lowest BCUT2D eigenvalue weighted by molar-refractivity contribution is -0.107. The molecular weight excluding hydrogens is 128 g/mol. The van der Waals surface area contributed by atoms with E-state index in [1.165, 1.54) is 5.56 Å². The Hall–Kier alpha value is -1.09. The molecule has 0 aliphatic heterocycles. The molecule has 0 unspecified atom stereocenters. The van der Waals surface area contributed by atoms with Crippen molar-refractivity contribution in [1.29, 1.82) is 0 Å². The quantitative estimate of drug-likeness (QED) is 0.464. The van der Waals surface area contributed by atoms with Crippen LogP contribution in [0.3, 0.4) is 0 Å². The van der Waals surface area contributed by atoms with Crippen LogP contribution >= 0.6 is 0 Å². The first-order chi connectivity index (χ1) is 4.93. The van der Waals surface area contributed by atoms with Crippen molar-refractivity contribution in [3.05, 3.63) is 24.0 Å². The molecule has 0 amide bonds. The molecule has 1 aromatic heterocycles. The minimum Gasteiger partial charge on any atom is -0.367 e. The van der Waals surface area contributed by atoms with Crippen LogP contribution in [0.15, 0.2) is 18.5 Å². The molecule has 0 aliphatic rings. The van der Waals surface area contributed by atoms with Crippen molar-refractivity contribution in [3.63, 3.8) is 0 Å². The highest BCUT2D eigenvalue weighted by atomic mass is 16.1. The Balaban J connectivity index is 2.21. The van der Waals surface area contributed by atoms with Crippen molar-refractivity contribution in [2.45, 2.75) is 6.54 Å². The lowest BCUT2D eigenvalue weighted by Gasteiger charge is -1.94. The summed E-state index contributed by atoms with van der Waals surface area (Å²) < 4.78 is 0. The van der Waals surface area contributed by atoms with Crippen LogP contribution in [0.4, 0.5) is 0 Å². The van der Waals surface area contributed by atoms with Gasteiger partial charge in [0.1, 0.15) is 6.29 Å². The van der Waals surface area contributed by atoms with Crippen LogP contribution in [0.2, 0.25) is 0 Å². The minimum atomic E-state index is 0.422. The van der Waals surface area contributed by atoms with Gasteiger partial charge in [-0.05, 0) is 11.6 Å². The topological polar surface area (TPSA) is 44.9 Å². The van der Waals surface area contributed by atoms with Gasteiger partial charge in [-0.15, -0.1) is 0 Å². The van der Waals surface area contributed by atoms with Crippen LogP contribution in [0.1, 0.15) is 5.56 Å². The Morgan fingerprint density at radius 3 is 3.20 bits per heavy atom. The van der Waals surface area contributed by atoms with E-state index in [0.717, 1.165) is 12.8 Å². The Morgan fingerprint density at radius 2 is 2.60 bits per heavy atom. The predicted octanol–water partition coefficient (Wildman–Crippen LogP) is 0.303. The third kappa shape index (κ3) is 2.03. The number of hydrogen-bond donors (Lipinski definition) is 2. The minimum absolute atomic E-state index is 0.422. The summed E-state index contributed by atoms with van der Waals surface area (Å²) >= 11 is 0. The van der Waals surface area contributed by atoms with Gasteiger partial charge in [0.05, 0.1) is 6.54 Å². The summed E-state index contributed by atoms with van der Waals surface area (Å²) in [5, 5.41) is 2.95. The molecule has 0 atom stereocenters. The Bertz CT molecular complexity index is 181. The first-order valence-corrected chi connectivity index (χ1v) is 3.19. The average Bonchev–Trinajstić information content (AvgIpc) is 2.41. The third-order valence-electron chi connectivity index (χ3n) is 1.22. The normalized spacial score (nSPS) is 9.60. The van der Waals surface area contributed by atoms with E-state index < -0.39 is 0 Å². The van der Waals surface area contributed by atoms with Crippen molar-refractivity contribution < 1.29 is 4.79 Å². The lowest BCUT2D eigenvalue weighted by atomic mass is 10.3.